The summed E-state index contributed by atoms with van der Waals surface area (Å²) in [5, 5.41) is 17.4. The maximum absolute atomic E-state index is 12.9. The zero-order valence-electron chi connectivity index (χ0n) is 18.4. The van der Waals surface area contributed by atoms with Gasteiger partial charge in [-0.1, -0.05) is 55.5 Å². The fraction of sp³-hybridized carbons (Fsp3) is 0.240. The fourth-order valence-electron chi connectivity index (χ4n) is 3.49. The van der Waals surface area contributed by atoms with Crippen molar-refractivity contribution in [1.82, 2.24) is 9.47 Å². The van der Waals surface area contributed by atoms with E-state index in [0.29, 0.717) is 18.1 Å². The van der Waals surface area contributed by atoms with Gasteiger partial charge in [-0.05, 0) is 37.0 Å². The number of carboxylic acid groups (broad SMARTS) is 2. The first-order valence-electron chi connectivity index (χ1n) is 10.1. The van der Waals surface area contributed by atoms with Crippen LogP contribution in [0, 0.1) is 5.92 Å². The molecule has 0 aliphatic heterocycles. The van der Waals surface area contributed by atoms with E-state index >= 15 is 0 Å². The zero-order valence-corrected chi connectivity index (χ0v) is 18.4. The smallest absolute Gasteiger partial charge is 0.328 e. The first-order valence-corrected chi connectivity index (χ1v) is 10.1. The zero-order chi connectivity index (χ0) is 23.7. The molecule has 2 N–H and O–H groups in total. The van der Waals surface area contributed by atoms with Crippen LogP contribution >= 0.6 is 0 Å². The number of hydrogen-bond donors (Lipinski definition) is 2. The molecule has 1 aromatic heterocycles. The number of nitrogens with zero attached hydrogens (tertiary/aromatic N) is 2. The molecular weight excluding hydrogens is 408 g/mol. The number of hydrogen-bond acceptors (Lipinski definition) is 4. The molecule has 0 fully saturated rings. The predicted molar refractivity (Wildman–Crippen MR) is 126 cm³/mol. The third-order valence-electron chi connectivity index (χ3n) is 4.63. The van der Waals surface area contributed by atoms with Crippen LogP contribution in [0.15, 0.2) is 77.7 Å². The second-order valence-corrected chi connectivity index (χ2v) is 7.79. The molecule has 3 rings (SSSR count). The van der Waals surface area contributed by atoms with Gasteiger partial charge in [-0.15, -0.1) is 0 Å². The number of benzene rings is 2. The molecule has 32 heavy (non-hydrogen) atoms. The van der Waals surface area contributed by atoms with E-state index < -0.39 is 11.9 Å². The molecular formula is C25H28N2O5. The molecule has 0 aliphatic rings. The molecule has 2 aromatic carbocycles. The Labute approximate surface area is 186 Å². The van der Waals surface area contributed by atoms with Gasteiger partial charge < -0.3 is 19.7 Å². The van der Waals surface area contributed by atoms with E-state index in [-0.39, 0.29) is 5.56 Å². The minimum atomic E-state index is -1.26. The molecule has 7 nitrogen and oxygen atoms in total. The summed E-state index contributed by atoms with van der Waals surface area (Å²) in [5.74, 6) is -2.11. The maximum Gasteiger partial charge on any atom is 0.328 e. The van der Waals surface area contributed by atoms with Gasteiger partial charge in [0.15, 0.2) is 0 Å². The summed E-state index contributed by atoms with van der Waals surface area (Å²) in [6.45, 7) is 3.87. The van der Waals surface area contributed by atoms with E-state index in [4.69, 9.17) is 10.2 Å². The fourth-order valence-corrected chi connectivity index (χ4v) is 3.49. The van der Waals surface area contributed by atoms with Crippen molar-refractivity contribution >= 4 is 22.7 Å². The van der Waals surface area contributed by atoms with Gasteiger partial charge in [0.1, 0.15) is 0 Å². The lowest BCUT2D eigenvalue weighted by atomic mass is 10.0. The Kier molecular flexibility index (Phi) is 8.92. The Bertz CT molecular complexity index is 1130. The van der Waals surface area contributed by atoms with Crippen molar-refractivity contribution in [3.8, 4) is 11.1 Å². The average molecular weight is 437 g/mol. The Balaban J connectivity index is 0.000000390. The average Bonchev–Trinajstić information content (AvgIpc) is 2.75. The Hall–Kier alpha value is -3.71. The molecule has 0 saturated carbocycles. The predicted octanol–water partition coefficient (Wildman–Crippen LogP) is 3.58. The van der Waals surface area contributed by atoms with Crippen molar-refractivity contribution in [2.24, 2.45) is 5.92 Å². The van der Waals surface area contributed by atoms with Crippen molar-refractivity contribution in [2.45, 2.75) is 13.5 Å². The third-order valence-corrected chi connectivity index (χ3v) is 4.63. The van der Waals surface area contributed by atoms with Crippen molar-refractivity contribution in [3.63, 3.8) is 0 Å². The van der Waals surface area contributed by atoms with Gasteiger partial charge in [-0.25, -0.2) is 9.59 Å². The first kappa shape index (κ1) is 24.6. The number of aromatic nitrogens is 1. The first-order chi connectivity index (χ1) is 15.2. The summed E-state index contributed by atoms with van der Waals surface area (Å²) in [7, 11) is 4.13. The number of fused-ring (bicyclic) bond motifs is 1. The normalized spacial score (nSPS) is 11.9. The second kappa shape index (κ2) is 11.6. The summed E-state index contributed by atoms with van der Waals surface area (Å²) in [4.78, 5) is 34.2. The highest BCUT2D eigenvalue weighted by Crippen LogP contribution is 2.26. The topological polar surface area (TPSA) is 99.8 Å². The largest absolute Gasteiger partial charge is 0.478 e. The Morgan fingerprint density at radius 2 is 1.47 bits per heavy atom. The van der Waals surface area contributed by atoms with Gasteiger partial charge in [0.05, 0.1) is 0 Å². The van der Waals surface area contributed by atoms with Gasteiger partial charge in [-0.3, -0.25) is 4.79 Å². The molecule has 168 valence electrons. The SMILES string of the molecule is CC(CN(C)C)Cn1cc(-c2ccccc2)c2ccccc2c1=O.O=C(O)/C=C\C(=O)O. The molecule has 0 spiro atoms. The van der Waals surface area contributed by atoms with Crippen LogP contribution in [0.3, 0.4) is 0 Å². The molecule has 0 saturated heterocycles. The van der Waals surface area contributed by atoms with Gasteiger partial charge in [0.25, 0.3) is 5.56 Å². The lowest BCUT2D eigenvalue weighted by molar-refractivity contribution is -0.134. The quantitative estimate of drug-likeness (QED) is 0.549. The highest BCUT2D eigenvalue weighted by Gasteiger charge is 2.12. The molecule has 0 aliphatic carbocycles. The lowest BCUT2D eigenvalue weighted by Gasteiger charge is -2.19. The van der Waals surface area contributed by atoms with Crippen molar-refractivity contribution in [1.29, 1.82) is 0 Å². The summed E-state index contributed by atoms with van der Waals surface area (Å²) in [5.41, 5.74) is 2.35. The van der Waals surface area contributed by atoms with Gasteiger partial charge in [-0.2, -0.15) is 0 Å². The molecule has 1 heterocycles. The van der Waals surface area contributed by atoms with E-state index in [9.17, 15) is 14.4 Å². The highest BCUT2D eigenvalue weighted by molar-refractivity contribution is 5.95. The van der Waals surface area contributed by atoms with E-state index in [1.807, 2.05) is 53.2 Å². The molecule has 7 heteroatoms. The van der Waals surface area contributed by atoms with Crippen LogP contribution in [0.1, 0.15) is 6.92 Å². The minimum absolute atomic E-state index is 0.0934. The monoisotopic (exact) mass is 436 g/mol. The third kappa shape index (κ3) is 7.21. The van der Waals surface area contributed by atoms with Crippen LogP contribution < -0.4 is 5.56 Å². The number of rotatable bonds is 7. The second-order valence-electron chi connectivity index (χ2n) is 7.79. The van der Waals surface area contributed by atoms with Crippen LogP contribution in [-0.2, 0) is 16.1 Å². The van der Waals surface area contributed by atoms with E-state index in [1.54, 1.807) is 0 Å². The summed E-state index contributed by atoms with van der Waals surface area (Å²) < 4.78 is 1.87. The van der Waals surface area contributed by atoms with E-state index in [2.05, 4.69) is 38.1 Å². The lowest BCUT2D eigenvalue weighted by Crippen LogP contribution is -2.28. The molecule has 1 atom stereocenters. The Morgan fingerprint density at radius 3 is 2.00 bits per heavy atom. The summed E-state index contributed by atoms with van der Waals surface area (Å²) >= 11 is 0. The van der Waals surface area contributed by atoms with Crippen molar-refractivity contribution in [3.05, 3.63) is 83.3 Å². The van der Waals surface area contributed by atoms with Crippen LogP contribution in [-0.4, -0.2) is 52.3 Å². The van der Waals surface area contributed by atoms with E-state index in [0.717, 1.165) is 35.0 Å². The Morgan fingerprint density at radius 1 is 0.938 bits per heavy atom. The van der Waals surface area contributed by atoms with Crippen LogP contribution in [0.5, 0.6) is 0 Å². The summed E-state index contributed by atoms with van der Waals surface area (Å²) in [6.07, 6.45) is 3.14. The number of carbonyl (C=O) groups is 2. The van der Waals surface area contributed by atoms with E-state index in [1.165, 1.54) is 0 Å². The van der Waals surface area contributed by atoms with Crippen molar-refractivity contribution < 1.29 is 19.8 Å². The maximum atomic E-state index is 12.9. The van der Waals surface area contributed by atoms with Crippen molar-refractivity contribution in [2.75, 3.05) is 20.6 Å². The highest BCUT2D eigenvalue weighted by atomic mass is 16.4. The van der Waals surface area contributed by atoms with Gasteiger partial charge in [0, 0.05) is 42.4 Å². The number of carboxylic acids is 2. The van der Waals surface area contributed by atoms with Gasteiger partial charge >= 0.3 is 11.9 Å². The summed E-state index contributed by atoms with van der Waals surface area (Å²) in [6, 6.07) is 18.2. The molecule has 0 amide bonds. The number of aliphatic carboxylic acids is 2. The molecule has 3 aromatic rings. The van der Waals surface area contributed by atoms with Gasteiger partial charge in [0.2, 0.25) is 0 Å². The molecule has 1 unspecified atom stereocenters. The van der Waals surface area contributed by atoms with Crippen LogP contribution in [0.2, 0.25) is 0 Å². The molecule has 0 radical (unpaired) electrons. The van der Waals surface area contributed by atoms with Crippen LogP contribution in [0.25, 0.3) is 21.9 Å². The van der Waals surface area contributed by atoms with Crippen LogP contribution in [0.4, 0.5) is 0 Å². The molecule has 0 bridgehead atoms. The standard InChI is InChI=1S/C21H24N2O.C4H4O4/c1-16(13-22(2)3)14-23-15-20(17-9-5-4-6-10-17)18-11-7-8-12-19(18)21(23)24;5-3(6)1-2-4(7)8/h4-12,15-16H,13-14H2,1-3H3;1-2H,(H,5,6)(H,7,8)/b;2-1-. The number of pyridine rings is 1. The minimum Gasteiger partial charge on any atom is -0.478 e.